The number of hydrogen-bond donors (Lipinski definition) is 1. The molecule has 0 spiro atoms. The molecule has 1 amide bonds. The Labute approximate surface area is 153 Å². The van der Waals surface area contributed by atoms with Gasteiger partial charge in [0.15, 0.2) is 0 Å². The molecule has 3 aromatic rings. The van der Waals surface area contributed by atoms with Gasteiger partial charge in [0.05, 0.1) is 5.92 Å². The largest absolute Gasteiger partial charge is 0.351 e. The van der Waals surface area contributed by atoms with Gasteiger partial charge in [0.1, 0.15) is 11.6 Å². The van der Waals surface area contributed by atoms with Crippen LogP contribution in [0.1, 0.15) is 41.3 Å². The SMILES string of the molecule is Cc1nccn1-c1cc(CNC(=O)[C@H]2CCCc3ccccc32)ccn1. The van der Waals surface area contributed by atoms with E-state index < -0.39 is 0 Å². The maximum Gasteiger partial charge on any atom is 0.227 e. The van der Waals surface area contributed by atoms with Crippen LogP contribution >= 0.6 is 0 Å². The van der Waals surface area contributed by atoms with Gasteiger partial charge >= 0.3 is 0 Å². The van der Waals surface area contributed by atoms with Gasteiger partial charge < -0.3 is 5.32 Å². The zero-order valence-corrected chi connectivity index (χ0v) is 14.9. The highest BCUT2D eigenvalue weighted by molar-refractivity contribution is 5.84. The van der Waals surface area contributed by atoms with Gasteiger partial charge in [0, 0.05) is 25.1 Å². The Kier molecular flexibility index (Phi) is 4.52. The minimum absolute atomic E-state index is 0.0443. The number of amides is 1. The predicted octanol–water partition coefficient (Wildman–Crippen LogP) is 3.31. The third kappa shape index (κ3) is 3.25. The van der Waals surface area contributed by atoms with Gasteiger partial charge in [-0.2, -0.15) is 0 Å². The van der Waals surface area contributed by atoms with Crippen LogP contribution in [0.2, 0.25) is 0 Å². The van der Waals surface area contributed by atoms with Gasteiger partial charge in [0.25, 0.3) is 0 Å². The number of rotatable bonds is 4. The molecule has 2 heterocycles. The van der Waals surface area contributed by atoms with E-state index in [9.17, 15) is 4.79 Å². The molecule has 0 radical (unpaired) electrons. The smallest absolute Gasteiger partial charge is 0.227 e. The number of aryl methyl sites for hydroxylation is 2. The fourth-order valence-electron chi connectivity index (χ4n) is 3.66. The number of imidazole rings is 1. The van der Waals surface area contributed by atoms with Crippen LogP contribution in [0.3, 0.4) is 0 Å². The lowest BCUT2D eigenvalue weighted by molar-refractivity contribution is -0.123. The summed E-state index contributed by atoms with van der Waals surface area (Å²) in [5.74, 6) is 1.76. The molecule has 1 aliphatic rings. The summed E-state index contributed by atoms with van der Waals surface area (Å²) in [4.78, 5) is 21.4. The first-order valence-electron chi connectivity index (χ1n) is 9.03. The number of nitrogens with zero attached hydrogens (tertiary/aromatic N) is 3. The summed E-state index contributed by atoms with van der Waals surface area (Å²) in [5, 5.41) is 3.11. The summed E-state index contributed by atoms with van der Waals surface area (Å²) < 4.78 is 1.93. The quantitative estimate of drug-likeness (QED) is 0.788. The van der Waals surface area contributed by atoms with Crippen LogP contribution in [0.15, 0.2) is 55.0 Å². The molecule has 0 bridgehead atoms. The average Bonchev–Trinajstić information content (AvgIpc) is 3.12. The highest BCUT2D eigenvalue weighted by Gasteiger charge is 2.25. The van der Waals surface area contributed by atoms with Crippen molar-refractivity contribution >= 4 is 5.91 Å². The van der Waals surface area contributed by atoms with Crippen LogP contribution in [-0.2, 0) is 17.8 Å². The number of carbonyl (C=O) groups is 1. The number of carbonyl (C=O) groups excluding carboxylic acids is 1. The van der Waals surface area contributed by atoms with Crippen molar-refractivity contribution in [1.82, 2.24) is 19.9 Å². The van der Waals surface area contributed by atoms with E-state index in [1.807, 2.05) is 35.9 Å². The van der Waals surface area contributed by atoms with Crippen LogP contribution in [0.5, 0.6) is 0 Å². The zero-order chi connectivity index (χ0) is 17.9. The number of aromatic nitrogens is 3. The normalized spacial score (nSPS) is 16.1. The van der Waals surface area contributed by atoms with Crippen LogP contribution in [0, 0.1) is 6.92 Å². The molecule has 26 heavy (non-hydrogen) atoms. The molecule has 4 rings (SSSR count). The van der Waals surface area contributed by atoms with Gasteiger partial charge in [-0.15, -0.1) is 0 Å². The Morgan fingerprint density at radius 2 is 2.12 bits per heavy atom. The molecular formula is C21H22N4O. The third-order valence-electron chi connectivity index (χ3n) is 5.04. The number of nitrogens with one attached hydrogen (secondary N) is 1. The molecule has 1 N–H and O–H groups in total. The summed E-state index contributed by atoms with van der Waals surface area (Å²) in [5.41, 5.74) is 3.52. The minimum Gasteiger partial charge on any atom is -0.351 e. The van der Waals surface area contributed by atoms with Gasteiger partial charge in [-0.1, -0.05) is 24.3 Å². The summed E-state index contributed by atoms with van der Waals surface area (Å²) in [6.07, 6.45) is 8.46. The summed E-state index contributed by atoms with van der Waals surface area (Å²) in [7, 11) is 0. The molecule has 5 heteroatoms. The van der Waals surface area contributed by atoms with Crippen molar-refractivity contribution in [2.24, 2.45) is 0 Å². The monoisotopic (exact) mass is 346 g/mol. The van der Waals surface area contributed by atoms with E-state index in [0.717, 1.165) is 36.5 Å². The van der Waals surface area contributed by atoms with Crippen LogP contribution in [-0.4, -0.2) is 20.4 Å². The standard InChI is InChI=1S/C21H22N4O/c1-15-22-11-12-25(15)20-13-16(9-10-23-20)14-24-21(26)19-8-4-6-17-5-2-3-7-18(17)19/h2-3,5,7,9-13,19H,4,6,8,14H2,1H3,(H,24,26)/t19-/m0/s1. The van der Waals surface area contributed by atoms with E-state index in [1.165, 1.54) is 11.1 Å². The molecule has 2 aromatic heterocycles. The first kappa shape index (κ1) is 16.5. The molecule has 1 aliphatic carbocycles. The molecule has 132 valence electrons. The molecule has 0 fully saturated rings. The van der Waals surface area contributed by atoms with E-state index in [4.69, 9.17) is 0 Å². The fourth-order valence-corrected chi connectivity index (χ4v) is 3.66. The van der Waals surface area contributed by atoms with Crippen molar-refractivity contribution in [3.05, 3.63) is 77.5 Å². The lowest BCUT2D eigenvalue weighted by Gasteiger charge is -2.24. The molecule has 1 aromatic carbocycles. The van der Waals surface area contributed by atoms with E-state index in [2.05, 4.69) is 33.5 Å². The lowest BCUT2D eigenvalue weighted by atomic mass is 9.82. The van der Waals surface area contributed by atoms with Gasteiger partial charge in [-0.05, 0) is 55.0 Å². The Hall–Kier alpha value is -2.95. The Morgan fingerprint density at radius 1 is 1.23 bits per heavy atom. The van der Waals surface area contributed by atoms with E-state index in [-0.39, 0.29) is 11.8 Å². The molecule has 5 nitrogen and oxygen atoms in total. The van der Waals surface area contributed by atoms with Gasteiger partial charge in [-0.25, -0.2) is 9.97 Å². The maximum atomic E-state index is 12.8. The molecule has 0 aliphatic heterocycles. The van der Waals surface area contributed by atoms with Gasteiger partial charge in [0.2, 0.25) is 5.91 Å². The topological polar surface area (TPSA) is 59.8 Å². The second-order valence-electron chi connectivity index (χ2n) is 6.73. The number of pyridine rings is 1. The van der Waals surface area contributed by atoms with Crippen molar-refractivity contribution in [2.45, 2.75) is 38.6 Å². The molecule has 1 atom stereocenters. The zero-order valence-electron chi connectivity index (χ0n) is 14.9. The van der Waals surface area contributed by atoms with E-state index >= 15 is 0 Å². The molecule has 0 saturated heterocycles. The first-order valence-corrected chi connectivity index (χ1v) is 9.03. The van der Waals surface area contributed by atoms with Crippen LogP contribution < -0.4 is 5.32 Å². The second-order valence-corrected chi connectivity index (χ2v) is 6.73. The Morgan fingerprint density at radius 3 is 2.96 bits per heavy atom. The number of hydrogen-bond acceptors (Lipinski definition) is 3. The number of fused-ring (bicyclic) bond motifs is 1. The van der Waals surface area contributed by atoms with Crippen LogP contribution in [0.4, 0.5) is 0 Å². The summed E-state index contributed by atoms with van der Waals surface area (Å²) >= 11 is 0. The van der Waals surface area contributed by atoms with Gasteiger partial charge in [-0.3, -0.25) is 9.36 Å². The van der Waals surface area contributed by atoms with Crippen molar-refractivity contribution in [3.63, 3.8) is 0 Å². The fraction of sp³-hybridized carbons (Fsp3) is 0.286. The summed E-state index contributed by atoms with van der Waals surface area (Å²) in [6, 6.07) is 12.2. The third-order valence-corrected chi connectivity index (χ3v) is 5.04. The number of benzene rings is 1. The predicted molar refractivity (Wildman–Crippen MR) is 100 cm³/mol. The average molecular weight is 346 g/mol. The molecule has 0 saturated carbocycles. The van der Waals surface area contributed by atoms with Crippen molar-refractivity contribution < 1.29 is 4.79 Å². The molecule has 0 unspecified atom stereocenters. The minimum atomic E-state index is -0.0443. The first-order chi connectivity index (χ1) is 12.7. The Balaban J connectivity index is 1.47. The van der Waals surface area contributed by atoms with Crippen LogP contribution in [0.25, 0.3) is 5.82 Å². The molecular weight excluding hydrogens is 324 g/mol. The summed E-state index contributed by atoms with van der Waals surface area (Å²) in [6.45, 7) is 2.44. The highest BCUT2D eigenvalue weighted by Crippen LogP contribution is 2.31. The highest BCUT2D eigenvalue weighted by atomic mass is 16.1. The maximum absolute atomic E-state index is 12.8. The van der Waals surface area contributed by atoms with E-state index in [1.54, 1.807) is 12.4 Å². The van der Waals surface area contributed by atoms with Crippen molar-refractivity contribution in [3.8, 4) is 5.82 Å². The van der Waals surface area contributed by atoms with E-state index in [0.29, 0.717) is 6.54 Å². The van der Waals surface area contributed by atoms with Crippen molar-refractivity contribution in [2.75, 3.05) is 0 Å². The van der Waals surface area contributed by atoms with Crippen molar-refractivity contribution in [1.29, 1.82) is 0 Å². The second kappa shape index (κ2) is 7.12. The Bertz CT molecular complexity index is 931. The lowest BCUT2D eigenvalue weighted by Crippen LogP contribution is -2.31.